The van der Waals surface area contributed by atoms with Gasteiger partial charge in [0.15, 0.2) is 0 Å². The molecule has 186 valence electrons. The first-order chi connectivity index (χ1) is 17.0. The summed E-state index contributed by atoms with van der Waals surface area (Å²) in [5.74, 6) is 0.998. The average molecular weight is 499 g/mol. The number of ether oxygens (including phenoxy) is 1. The van der Waals surface area contributed by atoms with E-state index in [0.29, 0.717) is 36.6 Å². The van der Waals surface area contributed by atoms with Crippen LogP contribution in [-0.4, -0.2) is 51.9 Å². The van der Waals surface area contributed by atoms with E-state index in [-0.39, 0.29) is 23.1 Å². The van der Waals surface area contributed by atoms with Gasteiger partial charge in [-0.25, -0.2) is 9.37 Å². The van der Waals surface area contributed by atoms with E-state index in [9.17, 15) is 13.4 Å². The van der Waals surface area contributed by atoms with Crippen molar-refractivity contribution in [3.05, 3.63) is 76.9 Å². The van der Waals surface area contributed by atoms with E-state index in [0.717, 1.165) is 44.0 Å². The van der Waals surface area contributed by atoms with Crippen molar-refractivity contribution in [3.63, 3.8) is 0 Å². The van der Waals surface area contributed by atoms with Crippen LogP contribution in [0.5, 0.6) is 0 Å². The molecule has 2 heterocycles. The third-order valence-electron chi connectivity index (χ3n) is 6.06. The maximum absolute atomic E-state index is 13.0. The molecule has 0 radical (unpaired) electrons. The highest BCUT2D eigenvalue weighted by Crippen LogP contribution is 2.23. The van der Waals surface area contributed by atoms with Gasteiger partial charge in [0.05, 0.1) is 30.4 Å². The van der Waals surface area contributed by atoms with Crippen LogP contribution in [0.1, 0.15) is 35.4 Å². The number of benzene rings is 2. The molecule has 3 aromatic rings. The van der Waals surface area contributed by atoms with E-state index in [1.807, 2.05) is 12.1 Å². The van der Waals surface area contributed by atoms with Gasteiger partial charge in [0.25, 0.3) is 0 Å². The highest BCUT2D eigenvalue weighted by atomic mass is 32.2. The minimum Gasteiger partial charge on any atom is -0.441 e. The number of morpholine rings is 1. The van der Waals surface area contributed by atoms with Crippen molar-refractivity contribution in [1.82, 2.24) is 9.88 Å². The van der Waals surface area contributed by atoms with Gasteiger partial charge in [0.2, 0.25) is 5.89 Å². The molecule has 0 spiro atoms. The third-order valence-corrected chi connectivity index (χ3v) is 7.30. The summed E-state index contributed by atoms with van der Waals surface area (Å²) < 4.78 is 36.8. The van der Waals surface area contributed by atoms with Gasteiger partial charge in [0, 0.05) is 42.4 Å². The van der Waals surface area contributed by atoms with Gasteiger partial charge in [-0.1, -0.05) is 24.3 Å². The van der Waals surface area contributed by atoms with Crippen LogP contribution in [0.3, 0.4) is 0 Å². The van der Waals surface area contributed by atoms with Crippen molar-refractivity contribution < 1.29 is 22.5 Å². The number of carbonyl (C=O) groups is 1. The summed E-state index contributed by atoms with van der Waals surface area (Å²) in [6.45, 7) is 6.13. The molecule has 1 unspecified atom stereocenters. The Morgan fingerprint density at radius 2 is 1.74 bits per heavy atom. The summed E-state index contributed by atoms with van der Waals surface area (Å²) in [5, 5.41) is 0. The van der Waals surface area contributed by atoms with E-state index in [2.05, 4.69) is 22.0 Å². The van der Waals surface area contributed by atoms with Gasteiger partial charge in [0.1, 0.15) is 17.4 Å². The molecule has 35 heavy (non-hydrogen) atoms. The highest BCUT2D eigenvalue weighted by Gasteiger charge is 2.17. The van der Waals surface area contributed by atoms with Gasteiger partial charge in [-0.3, -0.25) is 13.9 Å². The predicted octanol–water partition coefficient (Wildman–Crippen LogP) is 4.46. The van der Waals surface area contributed by atoms with Crippen molar-refractivity contribution in [3.8, 4) is 11.5 Å². The van der Waals surface area contributed by atoms with Gasteiger partial charge in [-0.2, -0.15) is 0 Å². The summed E-state index contributed by atoms with van der Waals surface area (Å²) in [5.41, 5.74) is 3.70. The molecule has 1 aliphatic heterocycles. The molecule has 0 saturated carbocycles. The first-order valence-corrected chi connectivity index (χ1v) is 13.4. The Bertz CT molecular complexity index is 1140. The van der Waals surface area contributed by atoms with Gasteiger partial charge < -0.3 is 9.15 Å². The zero-order valence-electron chi connectivity index (χ0n) is 20.0. The number of nitrogens with zero attached hydrogens (tertiary/aromatic N) is 2. The van der Waals surface area contributed by atoms with Crippen LogP contribution in [0.25, 0.3) is 11.5 Å². The summed E-state index contributed by atoms with van der Waals surface area (Å²) >= 11 is 0. The molecule has 1 aliphatic rings. The summed E-state index contributed by atoms with van der Waals surface area (Å²) in [6.07, 6.45) is 1.69. The molecule has 6 nitrogen and oxygen atoms in total. The number of halogens is 1. The Morgan fingerprint density at radius 3 is 2.46 bits per heavy atom. The predicted molar refractivity (Wildman–Crippen MR) is 134 cm³/mol. The maximum Gasteiger partial charge on any atom is 0.226 e. The lowest BCUT2D eigenvalue weighted by Gasteiger charge is -2.26. The van der Waals surface area contributed by atoms with Crippen LogP contribution < -0.4 is 0 Å². The summed E-state index contributed by atoms with van der Waals surface area (Å²) in [7, 11) is -1.35. The van der Waals surface area contributed by atoms with Gasteiger partial charge >= 0.3 is 0 Å². The van der Waals surface area contributed by atoms with E-state index in [1.54, 1.807) is 19.1 Å². The van der Waals surface area contributed by atoms with E-state index in [1.165, 1.54) is 17.7 Å². The first-order valence-electron chi connectivity index (χ1n) is 11.9. The fourth-order valence-electron chi connectivity index (χ4n) is 4.05. The quantitative estimate of drug-likeness (QED) is 0.389. The monoisotopic (exact) mass is 498 g/mol. The van der Waals surface area contributed by atoms with Gasteiger partial charge in [-0.15, -0.1) is 0 Å². The fourth-order valence-corrected chi connectivity index (χ4v) is 5.23. The number of hydrogen-bond acceptors (Lipinski definition) is 6. The standard InChI is InChI=1S/C27H31FN2O4S/c1-20-26(19-35(32)18-25(31)4-2-3-21-7-11-24(28)12-8-21)29-27(34-20)23-9-5-22(6-10-23)17-30-13-15-33-16-14-30/h5-12H,2-4,13-19H2,1H3. The van der Waals surface area contributed by atoms with Crippen LogP contribution in [0.15, 0.2) is 52.9 Å². The number of oxazole rings is 1. The molecule has 1 atom stereocenters. The Kier molecular flexibility index (Phi) is 8.95. The number of rotatable bonds is 11. The van der Waals surface area contributed by atoms with Crippen LogP contribution in [0, 0.1) is 12.7 Å². The van der Waals surface area contributed by atoms with Gasteiger partial charge in [-0.05, 0) is 55.2 Å². The van der Waals surface area contributed by atoms with Crippen molar-refractivity contribution in [2.24, 2.45) is 0 Å². The zero-order valence-corrected chi connectivity index (χ0v) is 20.8. The molecule has 0 aliphatic carbocycles. The molecular formula is C27H31FN2O4S. The fraction of sp³-hybridized carbons (Fsp3) is 0.407. The SMILES string of the molecule is Cc1oc(-c2ccc(CN3CCOCC3)cc2)nc1CS(=O)CC(=O)CCCc1ccc(F)cc1. The molecular weight excluding hydrogens is 467 g/mol. The number of aromatic nitrogens is 1. The molecule has 1 fully saturated rings. The van der Waals surface area contributed by atoms with E-state index < -0.39 is 10.8 Å². The molecule has 0 bridgehead atoms. The molecule has 4 rings (SSSR count). The number of Topliss-reactive ketones (excluding diaryl/α,β-unsaturated/α-hetero) is 1. The number of hydrogen-bond donors (Lipinski definition) is 0. The molecule has 8 heteroatoms. The van der Waals surface area contributed by atoms with Crippen molar-refractivity contribution in [2.45, 2.75) is 38.5 Å². The van der Waals surface area contributed by atoms with Crippen LogP contribution >= 0.6 is 0 Å². The largest absolute Gasteiger partial charge is 0.441 e. The lowest BCUT2D eigenvalue weighted by molar-refractivity contribution is -0.116. The lowest BCUT2D eigenvalue weighted by atomic mass is 10.1. The molecule has 1 aromatic heterocycles. The Hall–Kier alpha value is -2.68. The molecule has 0 amide bonds. The third kappa shape index (κ3) is 7.65. The number of carbonyl (C=O) groups excluding carboxylic acids is 1. The van der Waals surface area contributed by atoms with Crippen molar-refractivity contribution in [1.29, 1.82) is 0 Å². The Morgan fingerprint density at radius 1 is 1.06 bits per heavy atom. The van der Waals surface area contributed by atoms with Crippen molar-refractivity contribution in [2.75, 3.05) is 32.1 Å². The zero-order chi connectivity index (χ0) is 24.6. The smallest absolute Gasteiger partial charge is 0.226 e. The number of ketones is 1. The summed E-state index contributed by atoms with van der Waals surface area (Å²) in [6, 6.07) is 14.4. The molecule has 2 aromatic carbocycles. The second-order valence-corrected chi connectivity index (χ2v) is 10.3. The minimum atomic E-state index is -1.35. The van der Waals surface area contributed by atoms with Crippen LogP contribution in [0.2, 0.25) is 0 Å². The second kappa shape index (κ2) is 12.3. The summed E-state index contributed by atoms with van der Waals surface area (Å²) in [4.78, 5) is 19.2. The Balaban J connectivity index is 1.25. The maximum atomic E-state index is 13.0. The Labute approximate surface area is 208 Å². The molecule has 0 N–H and O–H groups in total. The lowest BCUT2D eigenvalue weighted by Crippen LogP contribution is -2.35. The molecule has 1 saturated heterocycles. The van der Waals surface area contributed by atoms with E-state index >= 15 is 0 Å². The average Bonchev–Trinajstić information content (AvgIpc) is 3.21. The second-order valence-electron chi connectivity index (χ2n) is 8.85. The number of aryl methyl sites for hydroxylation is 2. The highest BCUT2D eigenvalue weighted by molar-refractivity contribution is 7.84. The van der Waals surface area contributed by atoms with E-state index in [4.69, 9.17) is 9.15 Å². The first kappa shape index (κ1) is 25.4. The van der Waals surface area contributed by atoms with Crippen molar-refractivity contribution >= 4 is 16.6 Å². The topological polar surface area (TPSA) is 72.6 Å². The minimum absolute atomic E-state index is 0.00128. The van der Waals surface area contributed by atoms with Crippen LogP contribution in [-0.2, 0) is 39.0 Å². The van der Waals surface area contributed by atoms with Crippen LogP contribution in [0.4, 0.5) is 4.39 Å². The normalized spacial score (nSPS) is 15.3.